The third-order valence-corrected chi connectivity index (χ3v) is 2.71. The van der Waals surface area contributed by atoms with Crippen LogP contribution in [0, 0.1) is 12.8 Å². The second-order valence-electron chi connectivity index (χ2n) is 5.08. The summed E-state index contributed by atoms with van der Waals surface area (Å²) in [6.45, 7) is 6.42. The quantitative estimate of drug-likeness (QED) is 0.789. The van der Waals surface area contributed by atoms with Gasteiger partial charge in [-0.05, 0) is 30.4 Å². The first-order chi connectivity index (χ1) is 8.51. The number of ether oxygens (including phenoxy) is 1. The molecule has 0 fully saturated rings. The molecule has 0 spiro atoms. The monoisotopic (exact) mass is 250 g/mol. The zero-order valence-corrected chi connectivity index (χ0v) is 11.4. The number of hydrogen-bond donors (Lipinski definition) is 1. The number of carbonyl (C=O) groups is 1. The lowest BCUT2D eigenvalue weighted by Gasteiger charge is -2.08. The molecule has 1 aromatic carbocycles. The number of benzene rings is 1. The molecule has 1 rings (SSSR count). The number of aliphatic hydroxyl groups excluding tert-OH is 1. The Morgan fingerprint density at radius 2 is 1.94 bits per heavy atom. The first-order valence-corrected chi connectivity index (χ1v) is 6.37. The van der Waals surface area contributed by atoms with Crippen LogP contribution in [0.1, 0.15) is 43.4 Å². The number of carbonyl (C=O) groups excluding carboxylic acids is 1. The molecule has 0 unspecified atom stereocenters. The molecule has 1 aromatic rings. The van der Waals surface area contributed by atoms with Crippen LogP contribution < -0.4 is 0 Å². The zero-order valence-electron chi connectivity index (χ0n) is 11.4. The van der Waals surface area contributed by atoms with Gasteiger partial charge in [0.05, 0.1) is 6.61 Å². The Balaban J connectivity index is 2.47. The lowest BCUT2D eigenvalue weighted by Crippen LogP contribution is -2.06. The molecular formula is C15H22O3. The van der Waals surface area contributed by atoms with Crippen molar-refractivity contribution in [3.05, 3.63) is 34.9 Å². The lowest BCUT2D eigenvalue weighted by molar-refractivity contribution is -0.145. The van der Waals surface area contributed by atoms with Crippen molar-refractivity contribution in [2.45, 2.75) is 46.8 Å². The maximum absolute atomic E-state index is 11.5. The van der Waals surface area contributed by atoms with Crippen molar-refractivity contribution >= 4 is 5.97 Å². The van der Waals surface area contributed by atoms with Crippen LogP contribution in [0.15, 0.2) is 18.2 Å². The van der Waals surface area contributed by atoms with E-state index in [1.165, 1.54) is 0 Å². The van der Waals surface area contributed by atoms with Gasteiger partial charge < -0.3 is 9.84 Å². The fraction of sp³-hybridized carbons (Fsp3) is 0.533. The van der Waals surface area contributed by atoms with Gasteiger partial charge in [-0.15, -0.1) is 0 Å². The van der Waals surface area contributed by atoms with Crippen LogP contribution in [-0.4, -0.2) is 11.1 Å². The third-order valence-electron chi connectivity index (χ3n) is 2.71. The molecule has 0 heterocycles. The fourth-order valence-corrected chi connectivity index (χ4v) is 1.77. The van der Waals surface area contributed by atoms with E-state index in [2.05, 4.69) is 13.8 Å². The van der Waals surface area contributed by atoms with E-state index in [0.29, 0.717) is 12.3 Å². The molecular weight excluding hydrogens is 228 g/mol. The topological polar surface area (TPSA) is 46.5 Å². The number of hydrogen-bond acceptors (Lipinski definition) is 3. The number of aryl methyl sites for hydroxylation is 1. The molecule has 3 heteroatoms. The van der Waals surface area contributed by atoms with Crippen molar-refractivity contribution < 1.29 is 14.6 Å². The summed E-state index contributed by atoms with van der Waals surface area (Å²) in [7, 11) is 0. The molecule has 0 saturated carbocycles. The molecule has 0 aliphatic carbocycles. The molecule has 0 aliphatic rings. The smallest absolute Gasteiger partial charge is 0.306 e. The summed E-state index contributed by atoms with van der Waals surface area (Å²) < 4.78 is 5.21. The zero-order chi connectivity index (χ0) is 13.5. The average molecular weight is 250 g/mol. The number of esters is 1. The fourth-order valence-electron chi connectivity index (χ4n) is 1.77. The average Bonchev–Trinajstić information content (AvgIpc) is 2.33. The van der Waals surface area contributed by atoms with E-state index >= 15 is 0 Å². The molecule has 0 saturated heterocycles. The molecule has 0 radical (unpaired) electrons. The minimum absolute atomic E-state index is 0.00990. The van der Waals surface area contributed by atoms with Crippen molar-refractivity contribution in [3.63, 3.8) is 0 Å². The highest BCUT2D eigenvalue weighted by Gasteiger charge is 2.06. The highest BCUT2D eigenvalue weighted by Crippen LogP contribution is 2.12. The summed E-state index contributed by atoms with van der Waals surface area (Å²) in [4.78, 5) is 11.5. The summed E-state index contributed by atoms with van der Waals surface area (Å²) in [5.41, 5.74) is 2.84. The minimum atomic E-state index is -0.157. The van der Waals surface area contributed by atoms with Crippen LogP contribution in [0.3, 0.4) is 0 Å². The SMILES string of the molecule is Cc1cc(CO)cc(COC(=O)CCC(C)C)c1. The van der Waals surface area contributed by atoms with Crippen LogP contribution in [0.2, 0.25) is 0 Å². The molecule has 0 aliphatic heterocycles. The summed E-state index contributed by atoms with van der Waals surface area (Å²) in [6, 6.07) is 5.75. The van der Waals surface area contributed by atoms with Crippen LogP contribution in [0.5, 0.6) is 0 Å². The van der Waals surface area contributed by atoms with Gasteiger partial charge in [0.15, 0.2) is 0 Å². The first-order valence-electron chi connectivity index (χ1n) is 6.37. The van der Waals surface area contributed by atoms with Gasteiger partial charge in [0.25, 0.3) is 0 Å². The van der Waals surface area contributed by atoms with E-state index in [0.717, 1.165) is 23.1 Å². The van der Waals surface area contributed by atoms with E-state index in [4.69, 9.17) is 9.84 Å². The first kappa shape index (κ1) is 14.7. The van der Waals surface area contributed by atoms with Gasteiger partial charge in [-0.1, -0.05) is 37.6 Å². The van der Waals surface area contributed by atoms with E-state index in [1.54, 1.807) is 0 Å². The highest BCUT2D eigenvalue weighted by molar-refractivity contribution is 5.69. The summed E-state index contributed by atoms with van der Waals surface area (Å²) in [5, 5.41) is 9.10. The van der Waals surface area contributed by atoms with Gasteiger partial charge in [-0.25, -0.2) is 0 Å². The minimum Gasteiger partial charge on any atom is -0.461 e. The molecule has 0 bridgehead atoms. The molecule has 18 heavy (non-hydrogen) atoms. The van der Waals surface area contributed by atoms with E-state index in [-0.39, 0.29) is 19.2 Å². The Bertz CT molecular complexity index is 397. The second-order valence-corrected chi connectivity index (χ2v) is 5.08. The van der Waals surface area contributed by atoms with Gasteiger partial charge in [0, 0.05) is 6.42 Å². The van der Waals surface area contributed by atoms with Gasteiger partial charge in [-0.3, -0.25) is 4.79 Å². The van der Waals surface area contributed by atoms with Crippen molar-refractivity contribution in [3.8, 4) is 0 Å². The van der Waals surface area contributed by atoms with Gasteiger partial charge in [0.1, 0.15) is 6.61 Å². The Labute approximate surface area is 109 Å². The van der Waals surface area contributed by atoms with Crippen molar-refractivity contribution in [2.24, 2.45) is 5.92 Å². The molecule has 0 aromatic heterocycles. The van der Waals surface area contributed by atoms with Gasteiger partial charge in [0.2, 0.25) is 0 Å². The molecule has 3 nitrogen and oxygen atoms in total. The predicted octanol–water partition coefficient (Wildman–Crippen LogP) is 2.97. The Kier molecular flexibility index (Phi) is 5.86. The Morgan fingerprint density at radius 3 is 2.56 bits per heavy atom. The summed E-state index contributed by atoms with van der Waals surface area (Å²) in [6.07, 6.45) is 1.32. The third kappa shape index (κ3) is 5.32. The highest BCUT2D eigenvalue weighted by atomic mass is 16.5. The largest absolute Gasteiger partial charge is 0.461 e. The maximum atomic E-state index is 11.5. The second kappa shape index (κ2) is 7.17. The predicted molar refractivity (Wildman–Crippen MR) is 71.0 cm³/mol. The summed E-state index contributed by atoms with van der Waals surface area (Å²) >= 11 is 0. The standard InChI is InChI=1S/C15H22O3/c1-11(2)4-5-15(17)18-10-14-7-12(3)6-13(8-14)9-16/h6-8,11,16H,4-5,9-10H2,1-3H3. The normalized spacial score (nSPS) is 10.7. The van der Waals surface area contributed by atoms with Crippen molar-refractivity contribution in [1.29, 1.82) is 0 Å². The van der Waals surface area contributed by atoms with Gasteiger partial charge >= 0.3 is 5.97 Å². The van der Waals surface area contributed by atoms with Crippen LogP contribution in [0.4, 0.5) is 0 Å². The lowest BCUT2D eigenvalue weighted by atomic mass is 10.1. The Morgan fingerprint density at radius 1 is 1.28 bits per heavy atom. The van der Waals surface area contributed by atoms with E-state index in [1.807, 2.05) is 25.1 Å². The molecule has 0 amide bonds. The van der Waals surface area contributed by atoms with Crippen LogP contribution >= 0.6 is 0 Å². The molecule has 0 atom stereocenters. The Hall–Kier alpha value is -1.35. The van der Waals surface area contributed by atoms with E-state index < -0.39 is 0 Å². The maximum Gasteiger partial charge on any atom is 0.306 e. The van der Waals surface area contributed by atoms with Crippen molar-refractivity contribution in [2.75, 3.05) is 0 Å². The summed E-state index contributed by atoms with van der Waals surface area (Å²) in [5.74, 6) is 0.355. The molecule has 1 N–H and O–H groups in total. The van der Waals surface area contributed by atoms with Crippen LogP contribution in [0.25, 0.3) is 0 Å². The van der Waals surface area contributed by atoms with Crippen LogP contribution in [-0.2, 0) is 22.7 Å². The van der Waals surface area contributed by atoms with Gasteiger partial charge in [-0.2, -0.15) is 0 Å². The molecule has 100 valence electrons. The van der Waals surface area contributed by atoms with E-state index in [9.17, 15) is 4.79 Å². The number of rotatable bonds is 6. The van der Waals surface area contributed by atoms with Crippen molar-refractivity contribution in [1.82, 2.24) is 0 Å². The number of aliphatic hydroxyl groups is 1.